The van der Waals surface area contributed by atoms with Gasteiger partial charge in [0.1, 0.15) is 17.8 Å². The number of likely N-dealkylation sites (tertiary alicyclic amines) is 1. The first-order chi connectivity index (χ1) is 13.7. The van der Waals surface area contributed by atoms with Gasteiger partial charge in [-0.1, -0.05) is 13.8 Å². The van der Waals surface area contributed by atoms with Crippen LogP contribution in [0.25, 0.3) is 0 Å². The molecule has 0 bridgehead atoms. The molecule has 3 saturated heterocycles. The summed E-state index contributed by atoms with van der Waals surface area (Å²) in [7, 11) is 0. The Bertz CT molecular complexity index is 761. The first kappa shape index (κ1) is 20.4. The van der Waals surface area contributed by atoms with Gasteiger partial charge in [-0.2, -0.15) is 13.2 Å². The van der Waals surface area contributed by atoms with E-state index in [9.17, 15) is 18.0 Å². The van der Waals surface area contributed by atoms with Crippen molar-refractivity contribution in [2.45, 2.75) is 44.8 Å². The Morgan fingerprint density at radius 1 is 1.24 bits per heavy atom. The van der Waals surface area contributed by atoms with Gasteiger partial charge in [0.05, 0.1) is 5.92 Å². The summed E-state index contributed by atoms with van der Waals surface area (Å²) in [6.45, 7) is 8.31. The van der Waals surface area contributed by atoms with Crippen LogP contribution in [0.1, 0.15) is 38.8 Å². The molecule has 0 saturated carbocycles. The Morgan fingerprint density at radius 3 is 2.62 bits per heavy atom. The summed E-state index contributed by atoms with van der Waals surface area (Å²) in [6, 6.07) is 1.01. The highest BCUT2D eigenvalue weighted by molar-refractivity contribution is 5.83. The minimum Gasteiger partial charge on any atom is -0.356 e. The monoisotopic (exact) mass is 411 g/mol. The van der Waals surface area contributed by atoms with Gasteiger partial charge in [0.15, 0.2) is 0 Å². The molecule has 2 atom stereocenters. The number of amides is 1. The summed E-state index contributed by atoms with van der Waals surface area (Å²) in [4.78, 5) is 24.3. The third kappa shape index (κ3) is 3.93. The molecule has 3 aliphatic heterocycles. The molecule has 3 fully saturated rings. The number of aromatic nitrogens is 2. The molecular weight excluding hydrogens is 383 g/mol. The number of anilines is 1. The number of hydrogen-bond donors (Lipinski definition) is 1. The van der Waals surface area contributed by atoms with E-state index in [0.717, 1.165) is 51.3 Å². The average molecular weight is 411 g/mol. The molecule has 0 radical (unpaired) electrons. The summed E-state index contributed by atoms with van der Waals surface area (Å²) in [5.74, 6) is 1.38. The molecule has 1 aromatic rings. The lowest BCUT2D eigenvalue weighted by Crippen LogP contribution is -2.55. The van der Waals surface area contributed by atoms with Crippen molar-refractivity contribution >= 4 is 11.7 Å². The molecule has 6 nitrogen and oxygen atoms in total. The fraction of sp³-hybridized carbons (Fsp3) is 0.750. The zero-order valence-corrected chi connectivity index (χ0v) is 16.9. The van der Waals surface area contributed by atoms with Crippen LogP contribution in [0.4, 0.5) is 19.0 Å². The van der Waals surface area contributed by atoms with Crippen LogP contribution in [0.3, 0.4) is 0 Å². The van der Waals surface area contributed by atoms with Crippen molar-refractivity contribution in [1.29, 1.82) is 0 Å². The largest absolute Gasteiger partial charge is 0.433 e. The highest BCUT2D eigenvalue weighted by Gasteiger charge is 2.57. The maximum Gasteiger partial charge on any atom is 0.433 e. The van der Waals surface area contributed by atoms with Gasteiger partial charge in [0.25, 0.3) is 0 Å². The number of nitrogens with one attached hydrogen (secondary N) is 1. The van der Waals surface area contributed by atoms with Crippen LogP contribution >= 0.6 is 0 Å². The van der Waals surface area contributed by atoms with Gasteiger partial charge in [-0.15, -0.1) is 0 Å². The zero-order chi connectivity index (χ0) is 20.8. The second kappa shape index (κ2) is 7.41. The maximum atomic E-state index is 13.0. The van der Waals surface area contributed by atoms with E-state index in [1.165, 1.54) is 0 Å². The number of halogens is 3. The van der Waals surface area contributed by atoms with Gasteiger partial charge < -0.3 is 15.1 Å². The molecule has 9 heteroatoms. The fourth-order valence-corrected chi connectivity index (χ4v) is 5.07. The van der Waals surface area contributed by atoms with Crippen LogP contribution in [-0.4, -0.2) is 59.0 Å². The van der Waals surface area contributed by atoms with Gasteiger partial charge in [0, 0.05) is 43.7 Å². The SMILES string of the molecule is CC(C)CCN1C[C@@H]2C(=O)NC3(CCN(c4cc(C(F)(F)F)ncn4)CC3)[C@@H]2C1. The number of carbonyl (C=O) groups is 1. The van der Waals surface area contributed by atoms with E-state index < -0.39 is 11.9 Å². The molecule has 1 aromatic heterocycles. The van der Waals surface area contributed by atoms with Gasteiger partial charge in [0.2, 0.25) is 5.91 Å². The van der Waals surface area contributed by atoms with Crippen molar-refractivity contribution in [3.05, 3.63) is 18.1 Å². The maximum absolute atomic E-state index is 13.0. The van der Waals surface area contributed by atoms with Crippen LogP contribution < -0.4 is 10.2 Å². The molecule has 4 heterocycles. The Balaban J connectivity index is 1.43. The van der Waals surface area contributed by atoms with E-state index in [1.807, 2.05) is 4.90 Å². The molecule has 0 unspecified atom stereocenters. The van der Waals surface area contributed by atoms with Crippen molar-refractivity contribution in [2.75, 3.05) is 37.6 Å². The highest BCUT2D eigenvalue weighted by Crippen LogP contribution is 2.44. The number of hydrogen-bond acceptors (Lipinski definition) is 5. The quantitative estimate of drug-likeness (QED) is 0.825. The summed E-state index contributed by atoms with van der Waals surface area (Å²) >= 11 is 0. The smallest absolute Gasteiger partial charge is 0.356 e. The van der Waals surface area contributed by atoms with Crippen molar-refractivity contribution in [1.82, 2.24) is 20.2 Å². The van der Waals surface area contributed by atoms with Crippen molar-refractivity contribution in [3.8, 4) is 0 Å². The van der Waals surface area contributed by atoms with Crippen LogP contribution in [0.2, 0.25) is 0 Å². The van der Waals surface area contributed by atoms with Crippen molar-refractivity contribution in [2.24, 2.45) is 17.8 Å². The van der Waals surface area contributed by atoms with E-state index in [2.05, 4.69) is 34.0 Å². The Hall–Kier alpha value is -1.90. The van der Waals surface area contributed by atoms with Gasteiger partial charge >= 0.3 is 6.18 Å². The van der Waals surface area contributed by atoms with Crippen LogP contribution in [0, 0.1) is 17.8 Å². The van der Waals surface area contributed by atoms with Crippen LogP contribution in [0.5, 0.6) is 0 Å². The Labute approximate surface area is 168 Å². The van der Waals surface area contributed by atoms with E-state index in [0.29, 0.717) is 24.8 Å². The topological polar surface area (TPSA) is 61.4 Å². The Kier molecular flexibility index (Phi) is 5.21. The van der Waals surface area contributed by atoms with Crippen molar-refractivity contribution < 1.29 is 18.0 Å². The number of carbonyl (C=O) groups excluding carboxylic acids is 1. The lowest BCUT2D eigenvalue weighted by Gasteiger charge is -2.43. The second-order valence-electron chi connectivity index (χ2n) is 9.05. The molecule has 160 valence electrons. The van der Waals surface area contributed by atoms with Crippen LogP contribution in [-0.2, 0) is 11.0 Å². The highest BCUT2D eigenvalue weighted by atomic mass is 19.4. The number of fused-ring (bicyclic) bond motifs is 2. The fourth-order valence-electron chi connectivity index (χ4n) is 5.07. The van der Waals surface area contributed by atoms with E-state index in [-0.39, 0.29) is 23.3 Å². The minimum absolute atomic E-state index is 0.0320. The first-order valence-corrected chi connectivity index (χ1v) is 10.4. The summed E-state index contributed by atoms with van der Waals surface area (Å²) in [6.07, 6.45) is -0.937. The van der Waals surface area contributed by atoms with E-state index in [4.69, 9.17) is 0 Å². The lowest BCUT2D eigenvalue weighted by molar-refractivity contribution is -0.141. The minimum atomic E-state index is -4.48. The predicted molar refractivity (Wildman–Crippen MR) is 102 cm³/mol. The predicted octanol–water partition coefficient (Wildman–Crippen LogP) is 2.56. The molecule has 1 N–H and O–H groups in total. The first-order valence-electron chi connectivity index (χ1n) is 10.4. The molecule has 4 rings (SSSR count). The van der Waals surface area contributed by atoms with Crippen LogP contribution in [0.15, 0.2) is 12.4 Å². The number of alkyl halides is 3. The summed E-state index contributed by atoms with van der Waals surface area (Å²) in [5.41, 5.74) is -1.17. The third-order valence-electron chi connectivity index (χ3n) is 6.76. The third-order valence-corrected chi connectivity index (χ3v) is 6.76. The molecule has 0 aliphatic carbocycles. The van der Waals surface area contributed by atoms with Gasteiger partial charge in [-0.25, -0.2) is 9.97 Å². The Morgan fingerprint density at radius 2 is 1.97 bits per heavy atom. The molecular formula is C20H28F3N5O. The van der Waals surface area contributed by atoms with E-state index in [1.54, 1.807) is 0 Å². The molecule has 1 spiro atoms. The zero-order valence-electron chi connectivity index (χ0n) is 16.9. The average Bonchev–Trinajstić information content (AvgIpc) is 3.20. The molecule has 0 aromatic carbocycles. The lowest BCUT2D eigenvalue weighted by atomic mass is 9.75. The van der Waals surface area contributed by atoms with Gasteiger partial charge in [-0.05, 0) is 31.7 Å². The normalized spacial score (nSPS) is 27.0. The number of nitrogens with zero attached hydrogens (tertiary/aromatic N) is 4. The molecule has 1 amide bonds. The van der Waals surface area contributed by atoms with E-state index >= 15 is 0 Å². The molecule has 29 heavy (non-hydrogen) atoms. The van der Waals surface area contributed by atoms with Gasteiger partial charge in [-0.3, -0.25) is 4.79 Å². The standard InChI is InChI=1S/C20H28F3N5O/c1-13(2)3-6-27-10-14-15(11-27)19(26-18(14)29)4-7-28(8-5-19)17-9-16(20(21,22)23)24-12-25-17/h9,12-15H,3-8,10-11H2,1-2H3,(H,26,29)/t14-,15+/m0/s1. The summed E-state index contributed by atoms with van der Waals surface area (Å²) in [5, 5.41) is 3.26. The van der Waals surface area contributed by atoms with Crippen molar-refractivity contribution in [3.63, 3.8) is 0 Å². The molecule has 3 aliphatic rings. The number of piperidine rings is 1. The second-order valence-corrected chi connectivity index (χ2v) is 9.05. The number of rotatable bonds is 4. The summed E-state index contributed by atoms with van der Waals surface area (Å²) < 4.78 is 38.9.